The summed E-state index contributed by atoms with van der Waals surface area (Å²) < 4.78 is 2.16. The number of ketones is 2. The maximum atomic E-state index is 13.6. The van der Waals surface area contributed by atoms with E-state index in [1.807, 2.05) is 72.8 Å². The van der Waals surface area contributed by atoms with E-state index in [2.05, 4.69) is 21.5 Å². The van der Waals surface area contributed by atoms with Crippen LogP contribution in [0.25, 0.3) is 32.6 Å². The van der Waals surface area contributed by atoms with E-state index in [1.165, 1.54) is 13.8 Å². The van der Waals surface area contributed by atoms with Crippen molar-refractivity contribution in [3.8, 4) is 0 Å². The molecule has 0 aliphatic heterocycles. The Bertz CT molecular complexity index is 1720. The van der Waals surface area contributed by atoms with Crippen molar-refractivity contribution in [3.63, 3.8) is 0 Å². The molecule has 0 unspecified atom stereocenters. The van der Waals surface area contributed by atoms with Crippen molar-refractivity contribution < 1.29 is 19.2 Å². The van der Waals surface area contributed by atoms with Gasteiger partial charge in [-0.05, 0) is 61.0 Å². The van der Waals surface area contributed by atoms with Crippen LogP contribution in [0.1, 0.15) is 47.1 Å². The molecule has 0 amide bonds. The number of hydrogen-bond acceptors (Lipinski definition) is 5. The maximum Gasteiger partial charge on any atom is 0.331 e. The monoisotopic (exact) mass is 476 g/mol. The van der Waals surface area contributed by atoms with Gasteiger partial charge < -0.3 is 9.40 Å². The zero-order chi connectivity index (χ0) is 25.4. The highest BCUT2D eigenvalue weighted by molar-refractivity contribution is 6.45. The predicted octanol–water partition coefficient (Wildman–Crippen LogP) is 6.32. The molecular formula is C30H24N2O4. The molecule has 0 saturated heterocycles. The fourth-order valence-electron chi connectivity index (χ4n) is 4.69. The van der Waals surface area contributed by atoms with Crippen LogP contribution in [0.15, 0.2) is 84.0 Å². The van der Waals surface area contributed by atoms with Crippen molar-refractivity contribution in [2.45, 2.75) is 27.3 Å². The van der Waals surface area contributed by atoms with Gasteiger partial charge in [0.05, 0.1) is 0 Å². The Morgan fingerprint density at radius 2 is 1.42 bits per heavy atom. The minimum Gasteiger partial charge on any atom is -0.341 e. The zero-order valence-electron chi connectivity index (χ0n) is 20.2. The van der Waals surface area contributed by atoms with E-state index >= 15 is 0 Å². The molecule has 6 nitrogen and oxygen atoms in total. The fraction of sp³-hybridized carbons (Fsp3) is 0.133. The van der Waals surface area contributed by atoms with Gasteiger partial charge in [-0.1, -0.05) is 47.6 Å². The molecule has 178 valence electrons. The Morgan fingerprint density at radius 3 is 2.11 bits per heavy atom. The van der Waals surface area contributed by atoms with E-state index < -0.39 is 5.97 Å². The fourth-order valence-corrected chi connectivity index (χ4v) is 4.69. The molecule has 0 radical (unpaired) electrons. The summed E-state index contributed by atoms with van der Waals surface area (Å²) in [6.07, 6.45) is 0. The van der Waals surface area contributed by atoms with Crippen LogP contribution >= 0.6 is 0 Å². The number of nitrogens with zero attached hydrogens (tertiary/aromatic N) is 2. The maximum absolute atomic E-state index is 13.6. The molecule has 6 heteroatoms. The number of carbonyl (C=O) groups is 3. The normalized spacial score (nSPS) is 11.8. The summed E-state index contributed by atoms with van der Waals surface area (Å²) >= 11 is 0. The van der Waals surface area contributed by atoms with Crippen LogP contribution < -0.4 is 0 Å². The second-order valence-corrected chi connectivity index (χ2v) is 8.65. The highest BCUT2D eigenvalue weighted by Gasteiger charge is 2.18. The Morgan fingerprint density at radius 1 is 0.778 bits per heavy atom. The third-order valence-corrected chi connectivity index (χ3v) is 6.38. The summed E-state index contributed by atoms with van der Waals surface area (Å²) in [6, 6.07) is 24.8. The number of carbonyl (C=O) groups excluding carboxylic acids is 3. The van der Waals surface area contributed by atoms with E-state index in [0.717, 1.165) is 39.1 Å². The molecule has 36 heavy (non-hydrogen) atoms. The molecule has 1 heterocycles. The number of Topliss-reactive ketones (excluding diaryl/α,β-unsaturated/α-hetero) is 1. The Labute approximate surface area is 207 Å². The molecule has 0 bridgehead atoms. The lowest BCUT2D eigenvalue weighted by Gasteiger charge is -2.07. The Hall–Kier alpha value is -4.58. The van der Waals surface area contributed by atoms with Gasteiger partial charge in [-0.3, -0.25) is 9.59 Å². The lowest BCUT2D eigenvalue weighted by molar-refractivity contribution is -0.140. The number of aryl methyl sites for hydroxylation is 1. The molecule has 0 fully saturated rings. The number of hydrogen-bond donors (Lipinski definition) is 0. The van der Waals surface area contributed by atoms with E-state index in [4.69, 9.17) is 0 Å². The lowest BCUT2D eigenvalue weighted by Crippen LogP contribution is -2.11. The van der Waals surface area contributed by atoms with Crippen molar-refractivity contribution in [1.82, 2.24) is 4.57 Å². The minimum atomic E-state index is -0.591. The lowest BCUT2D eigenvalue weighted by atomic mass is 9.96. The highest BCUT2D eigenvalue weighted by Crippen LogP contribution is 2.32. The molecular weight excluding hydrogens is 452 g/mol. The van der Waals surface area contributed by atoms with Crippen LogP contribution in [-0.2, 0) is 16.2 Å². The largest absolute Gasteiger partial charge is 0.341 e. The van der Waals surface area contributed by atoms with Gasteiger partial charge in [0.15, 0.2) is 5.78 Å². The van der Waals surface area contributed by atoms with Gasteiger partial charge >= 0.3 is 5.97 Å². The number of oxime groups is 1. The van der Waals surface area contributed by atoms with Crippen LogP contribution in [0.4, 0.5) is 0 Å². The Balaban J connectivity index is 1.64. The van der Waals surface area contributed by atoms with Crippen LogP contribution in [0.5, 0.6) is 0 Å². The summed E-state index contributed by atoms with van der Waals surface area (Å²) in [5, 5.41) is 7.31. The smallest absolute Gasteiger partial charge is 0.331 e. The molecule has 0 N–H and O–H groups in total. The van der Waals surface area contributed by atoms with Gasteiger partial charge in [0.2, 0.25) is 5.78 Å². The molecule has 5 rings (SSSR count). The summed E-state index contributed by atoms with van der Waals surface area (Å²) in [6.45, 7) is 5.52. The van der Waals surface area contributed by atoms with Crippen molar-refractivity contribution >= 4 is 55.8 Å². The van der Waals surface area contributed by atoms with Crippen molar-refractivity contribution in [1.29, 1.82) is 0 Å². The third kappa shape index (κ3) is 3.96. The van der Waals surface area contributed by atoms with Gasteiger partial charge in [0.25, 0.3) is 0 Å². The molecule has 0 aliphatic carbocycles. The first-order valence-electron chi connectivity index (χ1n) is 11.7. The SMILES string of the molecule is CCn1c2ccc(C(=O)/C(C)=N/OC(C)=O)cc2c2cc(C(=O)c3cccc4ccccc34)ccc21. The summed E-state index contributed by atoms with van der Waals surface area (Å²) in [5.74, 6) is -0.978. The van der Waals surface area contributed by atoms with Crippen molar-refractivity contribution in [2.24, 2.45) is 5.16 Å². The van der Waals surface area contributed by atoms with Gasteiger partial charge in [0.1, 0.15) is 5.71 Å². The molecule has 0 spiro atoms. The first-order valence-corrected chi connectivity index (χ1v) is 11.7. The van der Waals surface area contributed by atoms with Gasteiger partial charge in [-0.15, -0.1) is 0 Å². The molecule has 4 aromatic carbocycles. The van der Waals surface area contributed by atoms with E-state index in [9.17, 15) is 14.4 Å². The van der Waals surface area contributed by atoms with Crippen molar-refractivity contribution in [3.05, 3.63) is 95.6 Å². The molecule has 0 atom stereocenters. The van der Waals surface area contributed by atoms with Crippen LogP contribution in [0, 0.1) is 0 Å². The second kappa shape index (κ2) is 9.23. The van der Waals surface area contributed by atoms with Gasteiger partial charge in [-0.25, -0.2) is 4.79 Å². The molecule has 0 saturated carbocycles. The molecule has 5 aromatic rings. The average molecular weight is 477 g/mol. The number of benzene rings is 4. The molecule has 0 aliphatic rings. The van der Waals surface area contributed by atoms with Crippen LogP contribution in [0.2, 0.25) is 0 Å². The topological polar surface area (TPSA) is 77.7 Å². The van der Waals surface area contributed by atoms with Gasteiger partial charge in [0, 0.05) is 52.0 Å². The average Bonchev–Trinajstić information content (AvgIpc) is 3.22. The third-order valence-electron chi connectivity index (χ3n) is 6.38. The minimum absolute atomic E-state index is 0.0531. The highest BCUT2D eigenvalue weighted by atomic mass is 16.7. The van der Waals surface area contributed by atoms with Crippen molar-refractivity contribution in [2.75, 3.05) is 0 Å². The van der Waals surface area contributed by atoms with Crippen LogP contribution in [0.3, 0.4) is 0 Å². The molecule has 1 aromatic heterocycles. The predicted molar refractivity (Wildman–Crippen MR) is 142 cm³/mol. The number of aromatic nitrogens is 1. The quantitative estimate of drug-likeness (QED) is 0.124. The zero-order valence-corrected chi connectivity index (χ0v) is 20.2. The standard InChI is InChI=1S/C30H24N2O4/c1-4-32-27-14-12-21(29(34)18(2)31-36-19(3)33)16-25(27)26-17-22(13-15-28(26)32)30(35)24-11-7-9-20-8-5-6-10-23(20)24/h5-17H,4H2,1-3H3/b31-18+. The summed E-state index contributed by atoms with van der Waals surface area (Å²) in [7, 11) is 0. The van der Waals surface area contributed by atoms with Crippen LogP contribution in [-0.4, -0.2) is 27.8 Å². The number of fused-ring (bicyclic) bond motifs is 4. The first kappa shape index (κ1) is 23.2. The van der Waals surface area contributed by atoms with E-state index in [1.54, 1.807) is 6.07 Å². The van der Waals surface area contributed by atoms with E-state index in [0.29, 0.717) is 16.7 Å². The number of rotatable bonds is 6. The summed E-state index contributed by atoms with van der Waals surface area (Å²) in [4.78, 5) is 42.2. The van der Waals surface area contributed by atoms with Gasteiger partial charge in [-0.2, -0.15) is 0 Å². The summed E-state index contributed by atoms with van der Waals surface area (Å²) in [5.41, 5.74) is 3.69. The van der Waals surface area contributed by atoms with E-state index in [-0.39, 0.29) is 17.3 Å². The first-order chi connectivity index (χ1) is 17.4. The second-order valence-electron chi connectivity index (χ2n) is 8.65. The Kier molecular flexibility index (Phi) is 5.94.